The summed E-state index contributed by atoms with van der Waals surface area (Å²) in [5.41, 5.74) is 1.01. The van der Waals surface area contributed by atoms with Crippen molar-refractivity contribution in [3.8, 4) is 11.5 Å². The number of carbonyl (C=O) groups excluding carboxylic acids is 1. The van der Waals surface area contributed by atoms with Crippen LogP contribution in [0.5, 0.6) is 11.5 Å². The molecule has 0 bridgehead atoms. The van der Waals surface area contributed by atoms with Crippen molar-refractivity contribution in [2.75, 3.05) is 39.5 Å². The lowest BCUT2D eigenvalue weighted by molar-refractivity contribution is -0.122. The number of hydrogen-bond donors (Lipinski definition) is 2. The van der Waals surface area contributed by atoms with Gasteiger partial charge in [-0.2, -0.15) is 0 Å². The summed E-state index contributed by atoms with van der Waals surface area (Å²) in [4.78, 5) is 11.9. The Hall–Kier alpha value is -1.50. The molecule has 0 radical (unpaired) electrons. The van der Waals surface area contributed by atoms with E-state index in [1.54, 1.807) is 0 Å². The lowest BCUT2D eigenvalue weighted by Crippen LogP contribution is -2.44. The fourth-order valence-electron chi connectivity index (χ4n) is 2.70. The van der Waals surface area contributed by atoms with Crippen molar-refractivity contribution in [1.82, 2.24) is 10.6 Å². The summed E-state index contributed by atoms with van der Waals surface area (Å²) in [6, 6.07) is 3.88. The minimum absolute atomic E-state index is 0.0247. The largest absolute Gasteiger partial charge is 0.486 e. The lowest BCUT2D eigenvalue weighted by atomic mass is 10.1. The summed E-state index contributed by atoms with van der Waals surface area (Å²) >= 11 is 6.20. The van der Waals surface area contributed by atoms with Crippen LogP contribution in [-0.2, 0) is 16.0 Å². The standard InChI is InChI=1S/C16H21ClN2O4/c17-13-7-11(8-14-16(13)23-6-5-22-14)1-2-19-15(20)9-12-10-21-4-3-18-12/h7-8,12,18H,1-6,9-10H2,(H,19,20). The van der Waals surface area contributed by atoms with Crippen molar-refractivity contribution in [1.29, 1.82) is 0 Å². The molecule has 23 heavy (non-hydrogen) atoms. The molecule has 3 rings (SSSR count). The third-order valence-corrected chi connectivity index (χ3v) is 4.10. The molecule has 2 aliphatic rings. The van der Waals surface area contributed by atoms with Crippen LogP contribution in [0.15, 0.2) is 12.1 Å². The molecule has 2 aliphatic heterocycles. The van der Waals surface area contributed by atoms with E-state index in [-0.39, 0.29) is 11.9 Å². The summed E-state index contributed by atoms with van der Waals surface area (Å²) in [5, 5.41) is 6.74. The normalized spacial score (nSPS) is 20.1. The van der Waals surface area contributed by atoms with Crippen LogP contribution in [0, 0.1) is 0 Å². The molecule has 2 heterocycles. The van der Waals surface area contributed by atoms with Gasteiger partial charge in [0.1, 0.15) is 13.2 Å². The van der Waals surface area contributed by atoms with Gasteiger partial charge < -0.3 is 24.8 Å². The molecule has 126 valence electrons. The molecule has 1 aromatic rings. The topological polar surface area (TPSA) is 68.8 Å². The van der Waals surface area contributed by atoms with Crippen molar-refractivity contribution < 1.29 is 19.0 Å². The highest BCUT2D eigenvalue weighted by Gasteiger charge is 2.18. The maximum atomic E-state index is 11.9. The fourth-order valence-corrected chi connectivity index (χ4v) is 2.99. The quantitative estimate of drug-likeness (QED) is 0.841. The predicted octanol–water partition coefficient (Wildman–Crippen LogP) is 1.15. The molecule has 1 unspecified atom stereocenters. The van der Waals surface area contributed by atoms with Crippen molar-refractivity contribution in [2.45, 2.75) is 18.9 Å². The molecule has 1 atom stereocenters. The number of benzene rings is 1. The van der Waals surface area contributed by atoms with Crippen molar-refractivity contribution in [3.05, 3.63) is 22.7 Å². The molecule has 7 heteroatoms. The number of halogens is 1. The Labute approximate surface area is 140 Å². The number of ether oxygens (including phenoxy) is 3. The highest BCUT2D eigenvalue weighted by Crippen LogP contribution is 2.38. The van der Waals surface area contributed by atoms with Gasteiger partial charge in [-0.05, 0) is 24.1 Å². The van der Waals surface area contributed by atoms with Gasteiger partial charge in [0.2, 0.25) is 5.91 Å². The van der Waals surface area contributed by atoms with E-state index in [9.17, 15) is 4.79 Å². The zero-order valence-electron chi connectivity index (χ0n) is 12.9. The van der Waals surface area contributed by atoms with Gasteiger partial charge in [-0.3, -0.25) is 4.79 Å². The first-order chi connectivity index (χ1) is 11.2. The van der Waals surface area contributed by atoms with Crippen LogP contribution in [0.1, 0.15) is 12.0 Å². The molecule has 0 aliphatic carbocycles. The predicted molar refractivity (Wildman–Crippen MR) is 86.4 cm³/mol. The molecule has 0 saturated carbocycles. The third-order valence-electron chi connectivity index (χ3n) is 3.82. The first kappa shape index (κ1) is 16.4. The second-order valence-corrected chi connectivity index (χ2v) is 6.04. The van der Waals surface area contributed by atoms with Crippen LogP contribution < -0.4 is 20.1 Å². The number of rotatable bonds is 5. The van der Waals surface area contributed by atoms with Crippen LogP contribution in [-0.4, -0.2) is 51.5 Å². The van der Waals surface area contributed by atoms with E-state index in [4.69, 9.17) is 25.8 Å². The minimum atomic E-state index is 0.0247. The molecule has 1 amide bonds. The zero-order chi connectivity index (χ0) is 16.1. The van der Waals surface area contributed by atoms with E-state index in [1.165, 1.54) is 0 Å². The van der Waals surface area contributed by atoms with Crippen LogP contribution in [0.3, 0.4) is 0 Å². The van der Waals surface area contributed by atoms with Crippen molar-refractivity contribution >= 4 is 17.5 Å². The van der Waals surface area contributed by atoms with Gasteiger partial charge in [-0.15, -0.1) is 0 Å². The van der Waals surface area contributed by atoms with E-state index >= 15 is 0 Å². The SMILES string of the molecule is O=C(CC1COCCN1)NCCc1cc(Cl)c2c(c1)OCCO2. The summed E-state index contributed by atoms with van der Waals surface area (Å²) in [7, 11) is 0. The molecular weight excluding hydrogens is 320 g/mol. The molecule has 1 fully saturated rings. The fraction of sp³-hybridized carbons (Fsp3) is 0.562. The lowest BCUT2D eigenvalue weighted by Gasteiger charge is -2.23. The van der Waals surface area contributed by atoms with Crippen LogP contribution in [0.25, 0.3) is 0 Å². The summed E-state index contributed by atoms with van der Waals surface area (Å²) in [5.74, 6) is 1.30. The summed E-state index contributed by atoms with van der Waals surface area (Å²) < 4.78 is 16.4. The van der Waals surface area contributed by atoms with Crippen LogP contribution in [0.2, 0.25) is 5.02 Å². The maximum absolute atomic E-state index is 11.9. The van der Waals surface area contributed by atoms with Gasteiger partial charge in [0, 0.05) is 25.6 Å². The van der Waals surface area contributed by atoms with E-state index in [2.05, 4.69) is 10.6 Å². The number of fused-ring (bicyclic) bond motifs is 1. The Bertz CT molecular complexity index is 561. The van der Waals surface area contributed by atoms with Gasteiger partial charge in [0.15, 0.2) is 11.5 Å². The first-order valence-electron chi connectivity index (χ1n) is 7.88. The van der Waals surface area contributed by atoms with Gasteiger partial charge in [-0.25, -0.2) is 0 Å². The Balaban J connectivity index is 1.46. The Kier molecular flexibility index (Phi) is 5.59. The molecule has 0 aromatic heterocycles. The zero-order valence-corrected chi connectivity index (χ0v) is 13.7. The van der Waals surface area contributed by atoms with Gasteiger partial charge in [0.25, 0.3) is 0 Å². The van der Waals surface area contributed by atoms with Crippen molar-refractivity contribution in [2.24, 2.45) is 0 Å². The molecule has 1 saturated heterocycles. The molecule has 2 N–H and O–H groups in total. The van der Waals surface area contributed by atoms with Crippen molar-refractivity contribution in [3.63, 3.8) is 0 Å². The third kappa shape index (κ3) is 4.50. The number of hydrogen-bond acceptors (Lipinski definition) is 5. The molecule has 1 aromatic carbocycles. The summed E-state index contributed by atoms with van der Waals surface area (Å²) in [6.45, 7) is 3.70. The first-order valence-corrected chi connectivity index (χ1v) is 8.26. The van der Waals surface area contributed by atoms with E-state index in [0.717, 1.165) is 12.1 Å². The van der Waals surface area contributed by atoms with Crippen LogP contribution in [0.4, 0.5) is 0 Å². The highest BCUT2D eigenvalue weighted by molar-refractivity contribution is 6.32. The summed E-state index contributed by atoms with van der Waals surface area (Å²) in [6.07, 6.45) is 1.12. The number of nitrogens with one attached hydrogen (secondary N) is 2. The Morgan fingerprint density at radius 1 is 1.30 bits per heavy atom. The number of morpholine rings is 1. The second-order valence-electron chi connectivity index (χ2n) is 5.63. The molecule has 6 nitrogen and oxygen atoms in total. The smallest absolute Gasteiger partial charge is 0.221 e. The number of amides is 1. The second kappa shape index (κ2) is 7.86. The highest BCUT2D eigenvalue weighted by atomic mass is 35.5. The van der Waals surface area contributed by atoms with E-state index in [0.29, 0.717) is 62.3 Å². The average Bonchev–Trinajstić information content (AvgIpc) is 2.56. The van der Waals surface area contributed by atoms with E-state index < -0.39 is 0 Å². The Morgan fingerprint density at radius 2 is 2.17 bits per heavy atom. The van der Waals surface area contributed by atoms with Gasteiger partial charge in [-0.1, -0.05) is 11.6 Å². The van der Waals surface area contributed by atoms with E-state index in [1.807, 2.05) is 12.1 Å². The number of carbonyl (C=O) groups is 1. The average molecular weight is 341 g/mol. The maximum Gasteiger partial charge on any atom is 0.221 e. The molecular formula is C16H21ClN2O4. The Morgan fingerprint density at radius 3 is 3.00 bits per heavy atom. The van der Waals surface area contributed by atoms with Gasteiger partial charge >= 0.3 is 0 Å². The van der Waals surface area contributed by atoms with Gasteiger partial charge in [0.05, 0.1) is 18.2 Å². The molecule has 0 spiro atoms. The van der Waals surface area contributed by atoms with Crippen LogP contribution >= 0.6 is 11.6 Å². The minimum Gasteiger partial charge on any atom is -0.486 e. The monoisotopic (exact) mass is 340 g/mol.